The first-order valence-electron chi connectivity index (χ1n) is 6.85. The molecule has 0 heterocycles. The van der Waals surface area contributed by atoms with Crippen LogP contribution < -0.4 is 10.2 Å². The molecule has 1 N–H and O–H groups in total. The van der Waals surface area contributed by atoms with Gasteiger partial charge in [-0.2, -0.15) is 5.10 Å². The van der Waals surface area contributed by atoms with Crippen LogP contribution in [0.4, 0.5) is 4.79 Å². The number of hydrazone groups is 1. The zero-order valence-electron chi connectivity index (χ0n) is 12.2. The highest BCUT2D eigenvalue weighted by Gasteiger charge is 2.03. The summed E-state index contributed by atoms with van der Waals surface area (Å²) >= 11 is 0. The molecule has 2 aromatic rings. The Morgan fingerprint density at radius 2 is 1.76 bits per heavy atom. The van der Waals surface area contributed by atoms with Gasteiger partial charge in [-0.05, 0) is 36.6 Å². The van der Waals surface area contributed by atoms with Crippen LogP contribution >= 0.6 is 0 Å². The van der Waals surface area contributed by atoms with E-state index in [0.717, 1.165) is 17.7 Å². The molecule has 0 fully saturated rings. The van der Waals surface area contributed by atoms with Crippen molar-refractivity contribution in [2.75, 3.05) is 0 Å². The summed E-state index contributed by atoms with van der Waals surface area (Å²) in [5.74, 6) is 0.482. The monoisotopic (exact) mass is 282 g/mol. The van der Waals surface area contributed by atoms with E-state index in [1.165, 1.54) is 5.56 Å². The summed E-state index contributed by atoms with van der Waals surface area (Å²) in [6.07, 6.45) is 0.392. The lowest BCUT2D eigenvalue weighted by Gasteiger charge is -2.05. The number of benzene rings is 2. The van der Waals surface area contributed by atoms with Crippen molar-refractivity contribution in [1.82, 2.24) is 5.43 Å². The Bertz CT molecular complexity index is 619. The molecule has 108 valence electrons. The van der Waals surface area contributed by atoms with Gasteiger partial charge in [-0.1, -0.05) is 49.4 Å². The number of carbonyl (C=O) groups is 1. The molecular formula is C17H18N2O2. The van der Waals surface area contributed by atoms with Gasteiger partial charge in [0.2, 0.25) is 0 Å². The Kier molecular flexibility index (Phi) is 5.10. The van der Waals surface area contributed by atoms with Gasteiger partial charge in [0.25, 0.3) is 0 Å². The standard InChI is InChI=1S/C17H18N2O2/c1-3-14-9-11-15(12-10-14)13(2)18-19-17(20)21-16-7-5-4-6-8-16/h4-12H,3H2,1-2H3,(H,19,20). The molecule has 0 saturated carbocycles. The summed E-state index contributed by atoms with van der Waals surface area (Å²) in [6, 6.07) is 16.9. The first-order valence-corrected chi connectivity index (χ1v) is 6.85. The van der Waals surface area contributed by atoms with Crippen LogP contribution in [0.5, 0.6) is 5.75 Å². The number of para-hydroxylation sites is 1. The van der Waals surface area contributed by atoms with Crippen LogP contribution in [-0.4, -0.2) is 11.8 Å². The van der Waals surface area contributed by atoms with E-state index in [9.17, 15) is 4.79 Å². The van der Waals surface area contributed by atoms with E-state index in [1.807, 2.05) is 25.1 Å². The van der Waals surface area contributed by atoms with Crippen LogP contribution in [0.25, 0.3) is 0 Å². The zero-order chi connectivity index (χ0) is 15.1. The molecule has 21 heavy (non-hydrogen) atoms. The highest BCUT2D eigenvalue weighted by Crippen LogP contribution is 2.08. The van der Waals surface area contributed by atoms with Crippen LogP contribution in [0.15, 0.2) is 59.7 Å². The molecule has 0 aliphatic carbocycles. The van der Waals surface area contributed by atoms with Crippen molar-refractivity contribution in [2.45, 2.75) is 20.3 Å². The number of carbonyl (C=O) groups excluding carboxylic acids is 1. The summed E-state index contributed by atoms with van der Waals surface area (Å²) in [5, 5.41) is 4.04. The molecule has 0 saturated heterocycles. The molecule has 0 aromatic heterocycles. The average molecular weight is 282 g/mol. The number of hydrogen-bond donors (Lipinski definition) is 1. The Hall–Kier alpha value is -2.62. The lowest BCUT2D eigenvalue weighted by molar-refractivity contribution is 0.201. The van der Waals surface area contributed by atoms with Crippen molar-refractivity contribution < 1.29 is 9.53 Å². The number of rotatable bonds is 4. The van der Waals surface area contributed by atoms with E-state index in [4.69, 9.17) is 4.74 Å². The minimum atomic E-state index is -0.606. The summed E-state index contributed by atoms with van der Waals surface area (Å²) in [7, 11) is 0. The molecule has 0 atom stereocenters. The minimum Gasteiger partial charge on any atom is -0.409 e. The number of hydrogen-bond acceptors (Lipinski definition) is 3. The van der Waals surface area contributed by atoms with E-state index in [0.29, 0.717) is 5.75 Å². The fourth-order valence-corrected chi connectivity index (χ4v) is 1.79. The normalized spacial score (nSPS) is 11.0. The predicted molar refractivity (Wildman–Crippen MR) is 83.6 cm³/mol. The first-order chi connectivity index (χ1) is 10.2. The Labute approximate surface area is 124 Å². The van der Waals surface area contributed by atoms with Crippen molar-refractivity contribution in [3.05, 3.63) is 65.7 Å². The summed E-state index contributed by atoms with van der Waals surface area (Å²) in [6.45, 7) is 3.95. The van der Waals surface area contributed by atoms with E-state index >= 15 is 0 Å². The molecule has 0 aliphatic heterocycles. The second-order valence-corrected chi connectivity index (χ2v) is 4.56. The number of aryl methyl sites for hydroxylation is 1. The van der Waals surface area contributed by atoms with Gasteiger partial charge in [-0.15, -0.1) is 0 Å². The maximum atomic E-state index is 11.6. The fraction of sp³-hybridized carbons (Fsp3) is 0.176. The highest BCUT2D eigenvalue weighted by atomic mass is 16.6. The topological polar surface area (TPSA) is 50.7 Å². The van der Waals surface area contributed by atoms with Gasteiger partial charge >= 0.3 is 6.09 Å². The molecule has 4 nitrogen and oxygen atoms in total. The summed E-state index contributed by atoms with van der Waals surface area (Å²) < 4.78 is 5.08. The molecule has 0 unspecified atom stereocenters. The van der Waals surface area contributed by atoms with Crippen molar-refractivity contribution >= 4 is 11.8 Å². The SMILES string of the molecule is CCc1ccc(C(C)=NNC(=O)Oc2ccccc2)cc1. The Morgan fingerprint density at radius 1 is 1.10 bits per heavy atom. The smallest absolute Gasteiger partial charge is 0.409 e. The molecule has 0 radical (unpaired) electrons. The van der Waals surface area contributed by atoms with E-state index in [1.54, 1.807) is 24.3 Å². The Balaban J connectivity index is 1.94. The number of ether oxygens (including phenoxy) is 1. The quantitative estimate of drug-likeness (QED) is 0.685. The zero-order valence-corrected chi connectivity index (χ0v) is 12.2. The van der Waals surface area contributed by atoms with E-state index in [-0.39, 0.29) is 0 Å². The summed E-state index contributed by atoms with van der Waals surface area (Å²) in [4.78, 5) is 11.6. The molecular weight excluding hydrogens is 264 g/mol. The molecule has 0 spiro atoms. The van der Waals surface area contributed by atoms with Crippen LogP contribution in [0, 0.1) is 0 Å². The molecule has 0 aliphatic rings. The molecule has 1 amide bonds. The van der Waals surface area contributed by atoms with Gasteiger partial charge in [0.05, 0.1) is 5.71 Å². The van der Waals surface area contributed by atoms with Crippen molar-refractivity contribution in [2.24, 2.45) is 5.10 Å². The number of nitrogens with zero attached hydrogens (tertiary/aromatic N) is 1. The van der Waals surface area contributed by atoms with Crippen molar-refractivity contribution in [1.29, 1.82) is 0 Å². The second-order valence-electron chi connectivity index (χ2n) is 4.56. The second kappa shape index (κ2) is 7.24. The average Bonchev–Trinajstić information content (AvgIpc) is 2.53. The van der Waals surface area contributed by atoms with Crippen molar-refractivity contribution in [3.63, 3.8) is 0 Å². The molecule has 2 rings (SSSR count). The van der Waals surface area contributed by atoms with Crippen LogP contribution in [-0.2, 0) is 6.42 Å². The highest BCUT2D eigenvalue weighted by molar-refractivity contribution is 5.99. The maximum Gasteiger partial charge on any atom is 0.433 e. The predicted octanol–water partition coefficient (Wildman–Crippen LogP) is 3.76. The fourth-order valence-electron chi connectivity index (χ4n) is 1.79. The van der Waals surface area contributed by atoms with Gasteiger partial charge in [-0.25, -0.2) is 10.2 Å². The summed E-state index contributed by atoms with van der Waals surface area (Å²) in [5.41, 5.74) is 5.34. The van der Waals surface area contributed by atoms with Gasteiger partial charge in [0.15, 0.2) is 0 Å². The van der Waals surface area contributed by atoms with Crippen LogP contribution in [0.2, 0.25) is 0 Å². The number of amides is 1. The third-order valence-electron chi connectivity index (χ3n) is 3.05. The molecule has 0 bridgehead atoms. The lowest BCUT2D eigenvalue weighted by Crippen LogP contribution is -2.23. The molecule has 2 aromatic carbocycles. The van der Waals surface area contributed by atoms with Crippen molar-refractivity contribution in [3.8, 4) is 5.75 Å². The minimum absolute atomic E-state index is 0.482. The third kappa shape index (κ3) is 4.45. The van der Waals surface area contributed by atoms with E-state index in [2.05, 4.69) is 29.6 Å². The molecule has 4 heteroatoms. The van der Waals surface area contributed by atoms with Gasteiger partial charge < -0.3 is 4.74 Å². The first kappa shape index (κ1) is 14.8. The largest absolute Gasteiger partial charge is 0.433 e. The Morgan fingerprint density at radius 3 is 2.38 bits per heavy atom. The van der Waals surface area contributed by atoms with Gasteiger partial charge in [-0.3, -0.25) is 0 Å². The van der Waals surface area contributed by atoms with Crippen LogP contribution in [0.3, 0.4) is 0 Å². The number of nitrogens with one attached hydrogen (secondary N) is 1. The van der Waals surface area contributed by atoms with Gasteiger partial charge in [0.1, 0.15) is 5.75 Å². The lowest BCUT2D eigenvalue weighted by atomic mass is 10.1. The van der Waals surface area contributed by atoms with E-state index < -0.39 is 6.09 Å². The van der Waals surface area contributed by atoms with Gasteiger partial charge in [0, 0.05) is 0 Å². The van der Waals surface area contributed by atoms with Crippen LogP contribution in [0.1, 0.15) is 25.0 Å². The third-order valence-corrected chi connectivity index (χ3v) is 3.05. The maximum absolute atomic E-state index is 11.6.